The number of carbonyl (C=O) groups excluding carboxylic acids is 1. The van der Waals surface area contributed by atoms with Gasteiger partial charge in [0.05, 0.1) is 6.54 Å². The van der Waals surface area contributed by atoms with Crippen molar-refractivity contribution in [3.8, 4) is 11.8 Å². The number of pyridine rings is 1. The van der Waals surface area contributed by atoms with E-state index in [2.05, 4.69) is 33.6 Å². The molecule has 1 amide bonds. The molecule has 102 valence electrons. The van der Waals surface area contributed by atoms with Crippen molar-refractivity contribution in [1.29, 1.82) is 0 Å². The highest BCUT2D eigenvalue weighted by Gasteiger charge is 2.06. The summed E-state index contributed by atoms with van der Waals surface area (Å²) in [5.41, 5.74) is 7.68. The summed E-state index contributed by atoms with van der Waals surface area (Å²) in [6.07, 6.45) is 2.41. The third-order valence-corrected chi connectivity index (χ3v) is 3.34. The van der Waals surface area contributed by atoms with Gasteiger partial charge < -0.3 is 11.1 Å². The molecule has 0 aliphatic carbocycles. The predicted octanol–water partition coefficient (Wildman–Crippen LogP) is 1.43. The highest BCUT2D eigenvalue weighted by atomic mass is 32.1. The normalized spacial score (nSPS) is 9.65. The van der Waals surface area contributed by atoms with Crippen LogP contribution < -0.4 is 11.1 Å². The fourth-order valence-electron chi connectivity index (χ4n) is 1.60. The van der Waals surface area contributed by atoms with Crippen molar-refractivity contribution < 1.29 is 4.79 Å². The predicted molar refractivity (Wildman–Crippen MR) is 80.5 cm³/mol. The topological polar surface area (TPSA) is 68.0 Å². The summed E-state index contributed by atoms with van der Waals surface area (Å²) in [4.78, 5) is 16.0. The second kappa shape index (κ2) is 7.43. The first-order valence-electron chi connectivity index (χ1n) is 6.24. The van der Waals surface area contributed by atoms with Gasteiger partial charge in [-0.3, -0.25) is 4.79 Å². The van der Waals surface area contributed by atoms with Gasteiger partial charge in [0.25, 0.3) is 5.91 Å². The van der Waals surface area contributed by atoms with Crippen LogP contribution in [-0.4, -0.2) is 24.0 Å². The van der Waals surface area contributed by atoms with Crippen LogP contribution >= 0.6 is 11.3 Å². The molecule has 0 aliphatic rings. The average molecular weight is 285 g/mol. The monoisotopic (exact) mass is 285 g/mol. The van der Waals surface area contributed by atoms with Crippen LogP contribution in [-0.2, 0) is 6.42 Å². The molecule has 0 atom stereocenters. The maximum Gasteiger partial charge on any atom is 0.269 e. The van der Waals surface area contributed by atoms with Gasteiger partial charge >= 0.3 is 0 Å². The van der Waals surface area contributed by atoms with Crippen LogP contribution in [0.25, 0.3) is 0 Å². The fraction of sp³-hybridized carbons (Fsp3) is 0.200. The van der Waals surface area contributed by atoms with E-state index in [-0.39, 0.29) is 5.91 Å². The Balaban J connectivity index is 1.85. The van der Waals surface area contributed by atoms with E-state index >= 15 is 0 Å². The lowest BCUT2D eigenvalue weighted by molar-refractivity contribution is 0.0949. The lowest BCUT2D eigenvalue weighted by Crippen LogP contribution is -2.26. The number of nitrogens with two attached hydrogens (primary N) is 1. The van der Waals surface area contributed by atoms with Crippen molar-refractivity contribution >= 4 is 17.2 Å². The van der Waals surface area contributed by atoms with E-state index in [1.807, 2.05) is 5.38 Å². The molecule has 0 saturated carbocycles. The Labute approximate surface area is 122 Å². The lowest BCUT2D eigenvalue weighted by Gasteiger charge is -2.03. The highest BCUT2D eigenvalue weighted by molar-refractivity contribution is 7.07. The van der Waals surface area contributed by atoms with Gasteiger partial charge in [0.2, 0.25) is 0 Å². The molecule has 0 unspecified atom stereocenters. The zero-order valence-electron chi connectivity index (χ0n) is 10.9. The molecule has 0 bridgehead atoms. The summed E-state index contributed by atoms with van der Waals surface area (Å²) in [7, 11) is 0. The second-order valence-electron chi connectivity index (χ2n) is 4.08. The number of aromatic nitrogens is 1. The Hall–Kier alpha value is -2.16. The largest absolute Gasteiger partial charge is 0.350 e. The van der Waals surface area contributed by atoms with Gasteiger partial charge in [-0.2, -0.15) is 11.3 Å². The molecule has 0 saturated heterocycles. The van der Waals surface area contributed by atoms with Gasteiger partial charge in [0.1, 0.15) is 5.69 Å². The lowest BCUT2D eigenvalue weighted by atomic mass is 10.2. The molecule has 20 heavy (non-hydrogen) atoms. The molecule has 0 aliphatic heterocycles. The summed E-state index contributed by atoms with van der Waals surface area (Å²) < 4.78 is 0. The summed E-state index contributed by atoms with van der Waals surface area (Å²) >= 11 is 1.66. The highest BCUT2D eigenvalue weighted by Crippen LogP contribution is 2.06. The standard InChI is InChI=1S/C15H15N3OS/c16-7-1-2-12-3-4-14(18-10-12)15(19)17-8-5-13-6-9-20-11-13/h3-4,6,9-11H,5,7-8,16H2,(H,17,19). The van der Waals surface area contributed by atoms with Crippen molar-refractivity contribution in [1.82, 2.24) is 10.3 Å². The maximum atomic E-state index is 11.9. The molecular formula is C15H15N3OS. The van der Waals surface area contributed by atoms with E-state index in [9.17, 15) is 4.79 Å². The molecule has 3 N–H and O–H groups in total. The van der Waals surface area contributed by atoms with Crippen molar-refractivity contribution in [3.63, 3.8) is 0 Å². The molecule has 2 aromatic heterocycles. The Bertz CT molecular complexity index is 609. The van der Waals surface area contributed by atoms with Gasteiger partial charge in [-0.05, 0) is 40.9 Å². The first kappa shape index (κ1) is 14.3. The van der Waals surface area contributed by atoms with Crippen LogP contribution in [0.4, 0.5) is 0 Å². The Morgan fingerprint density at radius 1 is 1.40 bits per heavy atom. The van der Waals surface area contributed by atoms with Crippen LogP contribution in [0.2, 0.25) is 0 Å². The van der Waals surface area contributed by atoms with Crippen LogP contribution in [0.15, 0.2) is 35.2 Å². The molecule has 0 spiro atoms. The SMILES string of the molecule is NCC#Cc1ccc(C(=O)NCCc2ccsc2)nc1. The molecule has 4 nitrogen and oxygen atoms in total. The summed E-state index contributed by atoms with van der Waals surface area (Å²) in [5, 5.41) is 6.95. The molecule has 2 rings (SSSR count). The molecule has 5 heteroatoms. The number of carbonyl (C=O) groups is 1. The Kier molecular flexibility index (Phi) is 5.30. The van der Waals surface area contributed by atoms with Crippen molar-refractivity contribution in [2.45, 2.75) is 6.42 Å². The minimum Gasteiger partial charge on any atom is -0.350 e. The zero-order chi connectivity index (χ0) is 14.2. The van der Waals surface area contributed by atoms with Gasteiger partial charge in [-0.1, -0.05) is 11.8 Å². The molecule has 0 aromatic carbocycles. The second-order valence-corrected chi connectivity index (χ2v) is 4.86. The minimum atomic E-state index is -0.168. The third-order valence-electron chi connectivity index (χ3n) is 2.61. The number of hydrogen-bond acceptors (Lipinski definition) is 4. The van der Waals surface area contributed by atoms with E-state index in [4.69, 9.17) is 5.73 Å². The minimum absolute atomic E-state index is 0.168. The van der Waals surface area contributed by atoms with E-state index in [0.29, 0.717) is 18.8 Å². The van der Waals surface area contributed by atoms with Crippen molar-refractivity contribution in [2.75, 3.05) is 13.1 Å². The van der Waals surface area contributed by atoms with Gasteiger partial charge in [-0.25, -0.2) is 4.98 Å². The van der Waals surface area contributed by atoms with Gasteiger partial charge in [0, 0.05) is 18.3 Å². The maximum absolute atomic E-state index is 11.9. The first-order valence-corrected chi connectivity index (χ1v) is 7.18. The number of nitrogens with one attached hydrogen (secondary N) is 1. The average Bonchev–Trinajstić information content (AvgIpc) is 2.99. The van der Waals surface area contributed by atoms with E-state index < -0.39 is 0 Å². The molecule has 2 heterocycles. The molecule has 0 radical (unpaired) electrons. The smallest absolute Gasteiger partial charge is 0.269 e. The van der Waals surface area contributed by atoms with E-state index in [1.54, 1.807) is 29.7 Å². The van der Waals surface area contributed by atoms with Crippen LogP contribution in [0.5, 0.6) is 0 Å². The number of amides is 1. The van der Waals surface area contributed by atoms with E-state index in [0.717, 1.165) is 12.0 Å². The number of rotatable bonds is 4. The molecule has 2 aromatic rings. The fourth-order valence-corrected chi connectivity index (χ4v) is 2.30. The first-order chi connectivity index (χ1) is 9.79. The number of nitrogens with zero attached hydrogens (tertiary/aromatic N) is 1. The van der Waals surface area contributed by atoms with Gasteiger partial charge in [-0.15, -0.1) is 0 Å². The van der Waals surface area contributed by atoms with Crippen LogP contribution in [0.3, 0.4) is 0 Å². The molecular weight excluding hydrogens is 270 g/mol. The summed E-state index contributed by atoms with van der Waals surface area (Å²) in [6, 6.07) is 5.49. The Morgan fingerprint density at radius 3 is 2.95 bits per heavy atom. The third kappa shape index (κ3) is 4.19. The van der Waals surface area contributed by atoms with E-state index in [1.165, 1.54) is 5.56 Å². The summed E-state index contributed by atoms with van der Waals surface area (Å²) in [6.45, 7) is 0.913. The zero-order valence-corrected chi connectivity index (χ0v) is 11.7. The summed E-state index contributed by atoms with van der Waals surface area (Å²) in [5.74, 6) is 5.44. The number of hydrogen-bond donors (Lipinski definition) is 2. The Morgan fingerprint density at radius 2 is 2.30 bits per heavy atom. The molecule has 0 fully saturated rings. The number of thiophene rings is 1. The van der Waals surface area contributed by atoms with Crippen LogP contribution in [0, 0.1) is 11.8 Å². The van der Waals surface area contributed by atoms with Crippen molar-refractivity contribution in [3.05, 3.63) is 52.0 Å². The van der Waals surface area contributed by atoms with Crippen molar-refractivity contribution in [2.24, 2.45) is 5.73 Å². The quantitative estimate of drug-likeness (QED) is 0.835. The van der Waals surface area contributed by atoms with Gasteiger partial charge in [0.15, 0.2) is 0 Å². The van der Waals surface area contributed by atoms with Crippen LogP contribution in [0.1, 0.15) is 21.6 Å².